The number of benzene rings is 1. The van der Waals surface area contributed by atoms with Crippen molar-refractivity contribution in [1.82, 2.24) is 10.3 Å². The van der Waals surface area contributed by atoms with E-state index in [-0.39, 0.29) is 17.7 Å². The summed E-state index contributed by atoms with van der Waals surface area (Å²) in [5.74, 6) is 0.565. The Labute approximate surface area is 131 Å². The van der Waals surface area contributed by atoms with E-state index in [1.165, 1.54) is 11.8 Å². The van der Waals surface area contributed by atoms with Gasteiger partial charge in [0.15, 0.2) is 0 Å². The number of nitrogens with one attached hydrogen (secondary N) is 1. The van der Waals surface area contributed by atoms with E-state index in [9.17, 15) is 9.90 Å². The van der Waals surface area contributed by atoms with Gasteiger partial charge >= 0.3 is 0 Å². The van der Waals surface area contributed by atoms with Gasteiger partial charge in [-0.3, -0.25) is 9.78 Å². The maximum absolute atomic E-state index is 12.1. The average Bonchev–Trinajstić information content (AvgIpc) is 2.48. The van der Waals surface area contributed by atoms with E-state index in [4.69, 9.17) is 0 Å². The summed E-state index contributed by atoms with van der Waals surface area (Å²) in [5, 5.41) is 12.1. The number of amides is 1. The highest BCUT2D eigenvalue weighted by atomic mass is 16.3. The van der Waals surface area contributed by atoms with Crippen molar-refractivity contribution >= 4 is 5.91 Å². The molecule has 4 heteroatoms. The number of nitrogens with zero attached hydrogens (tertiary/aromatic N) is 1. The smallest absolute Gasteiger partial charge is 0.224 e. The molecule has 0 bridgehead atoms. The van der Waals surface area contributed by atoms with Crippen molar-refractivity contribution in [2.45, 2.75) is 39.2 Å². The second kappa shape index (κ2) is 7.07. The van der Waals surface area contributed by atoms with Crippen molar-refractivity contribution in [3.8, 4) is 5.75 Å². The second-order valence-corrected chi connectivity index (χ2v) is 5.80. The number of aromatic hydroxyl groups is 1. The highest BCUT2D eigenvalue weighted by molar-refractivity contribution is 5.78. The predicted molar refractivity (Wildman–Crippen MR) is 86.7 cm³/mol. The summed E-state index contributed by atoms with van der Waals surface area (Å²) in [6, 6.07) is 11.2. The van der Waals surface area contributed by atoms with Crippen molar-refractivity contribution in [2.75, 3.05) is 0 Å². The monoisotopic (exact) mass is 298 g/mol. The maximum atomic E-state index is 12.1. The van der Waals surface area contributed by atoms with Crippen molar-refractivity contribution in [3.05, 3.63) is 59.4 Å². The second-order valence-electron chi connectivity index (χ2n) is 5.80. The van der Waals surface area contributed by atoms with E-state index in [2.05, 4.69) is 36.3 Å². The highest BCUT2D eigenvalue weighted by Gasteiger charge is 2.11. The number of carbonyl (C=O) groups is 1. The van der Waals surface area contributed by atoms with Crippen LogP contribution in [0, 0.1) is 0 Å². The van der Waals surface area contributed by atoms with Crippen LogP contribution in [0.4, 0.5) is 0 Å². The molecule has 1 aromatic heterocycles. The molecule has 0 aliphatic heterocycles. The standard InChI is InChI=1S/C18H22N2O2/c1-12(2)15-6-4-14(5-7-15)10-18(22)20-13(3)17-9-8-16(21)11-19-17/h4-9,11-13,21H,10H2,1-3H3,(H,20,22)/t13-/m1/s1. The zero-order valence-corrected chi connectivity index (χ0v) is 13.2. The van der Waals surface area contributed by atoms with Gasteiger partial charge in [-0.2, -0.15) is 0 Å². The number of carbonyl (C=O) groups excluding carboxylic acids is 1. The first kappa shape index (κ1) is 16.0. The molecule has 0 aliphatic rings. The molecule has 0 saturated carbocycles. The van der Waals surface area contributed by atoms with E-state index in [1.807, 2.05) is 19.1 Å². The Hall–Kier alpha value is -2.36. The molecule has 116 valence electrons. The molecule has 0 aliphatic carbocycles. The van der Waals surface area contributed by atoms with Gasteiger partial charge in [-0.15, -0.1) is 0 Å². The zero-order valence-electron chi connectivity index (χ0n) is 13.2. The van der Waals surface area contributed by atoms with Crippen LogP contribution >= 0.6 is 0 Å². The molecule has 1 aromatic carbocycles. The minimum Gasteiger partial charge on any atom is -0.506 e. The van der Waals surface area contributed by atoms with Crippen LogP contribution in [0.15, 0.2) is 42.6 Å². The lowest BCUT2D eigenvalue weighted by Gasteiger charge is -2.14. The molecule has 0 fully saturated rings. The predicted octanol–water partition coefficient (Wildman–Crippen LogP) is 3.33. The topological polar surface area (TPSA) is 62.2 Å². The normalized spacial score (nSPS) is 12.2. The molecule has 0 radical (unpaired) electrons. The van der Waals surface area contributed by atoms with Gasteiger partial charge in [-0.05, 0) is 36.1 Å². The van der Waals surface area contributed by atoms with Crippen molar-refractivity contribution in [1.29, 1.82) is 0 Å². The minimum atomic E-state index is -0.192. The summed E-state index contributed by atoms with van der Waals surface area (Å²) in [7, 11) is 0. The third-order valence-electron chi connectivity index (χ3n) is 3.60. The van der Waals surface area contributed by atoms with Gasteiger partial charge in [-0.1, -0.05) is 38.1 Å². The SMILES string of the molecule is CC(C)c1ccc(CC(=O)N[C@H](C)c2ccc(O)cn2)cc1. The quantitative estimate of drug-likeness (QED) is 0.890. The number of hydrogen-bond donors (Lipinski definition) is 2. The van der Waals surface area contributed by atoms with Crippen LogP contribution in [0.2, 0.25) is 0 Å². The molecular formula is C18H22N2O2. The first-order chi connectivity index (χ1) is 10.5. The van der Waals surface area contributed by atoms with Crippen LogP contribution in [-0.2, 0) is 11.2 Å². The molecule has 22 heavy (non-hydrogen) atoms. The Morgan fingerprint density at radius 2 is 1.82 bits per heavy atom. The first-order valence-corrected chi connectivity index (χ1v) is 7.49. The van der Waals surface area contributed by atoms with Gasteiger partial charge in [0, 0.05) is 0 Å². The average molecular weight is 298 g/mol. The molecule has 2 aromatic rings. The fourth-order valence-electron chi connectivity index (χ4n) is 2.23. The van der Waals surface area contributed by atoms with Gasteiger partial charge in [0.25, 0.3) is 0 Å². The summed E-state index contributed by atoms with van der Waals surface area (Å²) in [4.78, 5) is 16.2. The van der Waals surface area contributed by atoms with Crippen molar-refractivity contribution in [3.63, 3.8) is 0 Å². The molecule has 2 N–H and O–H groups in total. The minimum absolute atomic E-state index is 0.0420. The van der Waals surface area contributed by atoms with E-state index in [1.54, 1.807) is 12.1 Å². The molecule has 0 saturated heterocycles. The zero-order chi connectivity index (χ0) is 16.1. The van der Waals surface area contributed by atoms with Gasteiger partial charge in [0.1, 0.15) is 5.75 Å². The molecule has 1 atom stereocenters. The summed E-state index contributed by atoms with van der Waals surface area (Å²) < 4.78 is 0. The van der Waals surface area contributed by atoms with Gasteiger partial charge < -0.3 is 10.4 Å². The summed E-state index contributed by atoms with van der Waals surface area (Å²) in [6.07, 6.45) is 1.73. The van der Waals surface area contributed by atoms with Crippen LogP contribution < -0.4 is 5.32 Å². The Morgan fingerprint density at radius 1 is 1.14 bits per heavy atom. The lowest BCUT2D eigenvalue weighted by atomic mass is 10.0. The third kappa shape index (κ3) is 4.32. The lowest BCUT2D eigenvalue weighted by Crippen LogP contribution is -2.28. The van der Waals surface area contributed by atoms with E-state index in [0.29, 0.717) is 12.3 Å². The maximum Gasteiger partial charge on any atom is 0.224 e. The van der Waals surface area contributed by atoms with E-state index in [0.717, 1.165) is 11.3 Å². The molecule has 0 unspecified atom stereocenters. The molecule has 2 rings (SSSR count). The van der Waals surface area contributed by atoms with Gasteiger partial charge in [0.05, 0.1) is 24.4 Å². The van der Waals surface area contributed by atoms with E-state index < -0.39 is 0 Å². The lowest BCUT2D eigenvalue weighted by molar-refractivity contribution is -0.121. The molecule has 1 amide bonds. The van der Waals surface area contributed by atoms with Crippen LogP contribution in [0.5, 0.6) is 5.75 Å². The summed E-state index contributed by atoms with van der Waals surface area (Å²) in [6.45, 7) is 6.17. The molecule has 0 spiro atoms. The summed E-state index contributed by atoms with van der Waals surface area (Å²) >= 11 is 0. The highest BCUT2D eigenvalue weighted by Crippen LogP contribution is 2.16. The fraction of sp³-hybridized carbons (Fsp3) is 0.333. The number of rotatable bonds is 5. The van der Waals surface area contributed by atoms with E-state index >= 15 is 0 Å². The Morgan fingerprint density at radius 3 is 2.36 bits per heavy atom. The van der Waals surface area contributed by atoms with Crippen LogP contribution in [0.25, 0.3) is 0 Å². The molecule has 1 heterocycles. The molecular weight excluding hydrogens is 276 g/mol. The Balaban J connectivity index is 1.93. The van der Waals surface area contributed by atoms with Gasteiger partial charge in [-0.25, -0.2) is 0 Å². The number of hydrogen-bond acceptors (Lipinski definition) is 3. The fourth-order valence-corrected chi connectivity index (χ4v) is 2.23. The van der Waals surface area contributed by atoms with Crippen molar-refractivity contribution < 1.29 is 9.90 Å². The Bertz CT molecular complexity index is 619. The van der Waals surface area contributed by atoms with Crippen LogP contribution in [0.3, 0.4) is 0 Å². The first-order valence-electron chi connectivity index (χ1n) is 7.49. The van der Waals surface area contributed by atoms with Crippen LogP contribution in [-0.4, -0.2) is 16.0 Å². The van der Waals surface area contributed by atoms with Gasteiger partial charge in [0.2, 0.25) is 5.91 Å². The largest absolute Gasteiger partial charge is 0.506 e. The number of pyridine rings is 1. The third-order valence-corrected chi connectivity index (χ3v) is 3.60. The van der Waals surface area contributed by atoms with Crippen LogP contribution in [0.1, 0.15) is 49.6 Å². The number of aromatic nitrogens is 1. The molecule has 4 nitrogen and oxygen atoms in total. The van der Waals surface area contributed by atoms with Crippen molar-refractivity contribution in [2.24, 2.45) is 0 Å². The summed E-state index contributed by atoms with van der Waals surface area (Å²) in [5.41, 5.74) is 2.99. The Kier molecular flexibility index (Phi) is 5.15.